The average molecular weight is 369 g/mol. The zero-order valence-corrected chi connectivity index (χ0v) is 14.7. The van der Waals surface area contributed by atoms with Crippen LogP contribution in [0.15, 0.2) is 54.7 Å². The van der Waals surface area contributed by atoms with Gasteiger partial charge in [0.05, 0.1) is 19.3 Å². The first-order valence-corrected chi connectivity index (χ1v) is 8.69. The van der Waals surface area contributed by atoms with Crippen LogP contribution in [0.5, 0.6) is 11.8 Å². The molecule has 0 amide bonds. The number of anilines is 1. The first-order valence-electron chi connectivity index (χ1n) is 8.69. The van der Waals surface area contributed by atoms with E-state index < -0.39 is 0 Å². The number of fused-ring (bicyclic) bond motifs is 1. The summed E-state index contributed by atoms with van der Waals surface area (Å²) in [4.78, 5) is 4.09. The molecule has 6 nitrogen and oxygen atoms in total. The zero-order valence-electron chi connectivity index (χ0n) is 14.7. The number of hydrogen-bond acceptors (Lipinski definition) is 5. The van der Waals surface area contributed by atoms with E-state index >= 15 is 0 Å². The highest BCUT2D eigenvalue weighted by Gasteiger charge is 2.21. The van der Waals surface area contributed by atoms with E-state index in [9.17, 15) is 4.39 Å². The van der Waals surface area contributed by atoms with Crippen molar-refractivity contribution in [3.8, 4) is 11.8 Å². The highest BCUT2D eigenvalue weighted by atomic mass is 19.1. The van der Waals surface area contributed by atoms with E-state index in [-0.39, 0.29) is 11.9 Å². The number of nitrogens with two attached hydrogens (primary N) is 1. The Kier molecular flexibility index (Phi) is 4.93. The second kappa shape index (κ2) is 7.67. The molecule has 0 spiro atoms. The standard InChI is InChI=1S/C20H20FN3O3/c21-16-5-1-14(2-6-16)11-25-17-7-3-15(4-8-17)12-26-18-9-24-10-19(22)23-20(24)27-13-18/h1-8,10,18H,9,11-13,22H2. The van der Waals surface area contributed by atoms with Crippen molar-refractivity contribution >= 4 is 5.82 Å². The van der Waals surface area contributed by atoms with Crippen LogP contribution >= 0.6 is 0 Å². The summed E-state index contributed by atoms with van der Waals surface area (Å²) in [6.45, 7) is 1.99. The highest BCUT2D eigenvalue weighted by Crippen LogP contribution is 2.21. The third-order valence-electron chi connectivity index (χ3n) is 4.29. The number of imidazole rings is 1. The number of hydrogen-bond donors (Lipinski definition) is 1. The molecular formula is C20H20FN3O3. The van der Waals surface area contributed by atoms with Crippen LogP contribution in [0, 0.1) is 5.82 Å². The summed E-state index contributed by atoms with van der Waals surface area (Å²) in [5.74, 6) is 0.948. The van der Waals surface area contributed by atoms with E-state index in [0.29, 0.717) is 38.2 Å². The van der Waals surface area contributed by atoms with Crippen LogP contribution in [0.25, 0.3) is 0 Å². The maximum absolute atomic E-state index is 12.9. The number of benzene rings is 2. The van der Waals surface area contributed by atoms with Crippen LogP contribution in [0.4, 0.5) is 10.2 Å². The van der Waals surface area contributed by atoms with Crippen LogP contribution in [0.3, 0.4) is 0 Å². The van der Waals surface area contributed by atoms with Gasteiger partial charge in [0.25, 0.3) is 6.01 Å². The molecule has 0 saturated carbocycles. The third-order valence-corrected chi connectivity index (χ3v) is 4.29. The number of ether oxygens (including phenoxy) is 3. The molecule has 4 rings (SSSR count). The minimum absolute atomic E-state index is 0.0551. The van der Waals surface area contributed by atoms with Crippen LogP contribution in [-0.4, -0.2) is 22.3 Å². The largest absolute Gasteiger partial charge is 0.489 e. The number of nitrogen functional groups attached to an aromatic ring is 1. The molecule has 1 aliphatic heterocycles. The molecule has 2 N–H and O–H groups in total. The summed E-state index contributed by atoms with van der Waals surface area (Å²) in [5, 5.41) is 0. The van der Waals surface area contributed by atoms with E-state index in [1.165, 1.54) is 12.1 Å². The van der Waals surface area contributed by atoms with Crippen molar-refractivity contribution in [2.24, 2.45) is 0 Å². The smallest absolute Gasteiger partial charge is 0.298 e. The number of rotatable bonds is 6. The molecule has 0 aliphatic carbocycles. The van der Waals surface area contributed by atoms with Gasteiger partial charge in [-0.1, -0.05) is 24.3 Å². The lowest BCUT2D eigenvalue weighted by Gasteiger charge is -2.24. The fraction of sp³-hybridized carbons (Fsp3) is 0.250. The molecule has 1 unspecified atom stereocenters. The van der Waals surface area contributed by atoms with E-state index in [2.05, 4.69) is 4.98 Å². The van der Waals surface area contributed by atoms with Crippen LogP contribution in [0.1, 0.15) is 11.1 Å². The second-order valence-electron chi connectivity index (χ2n) is 6.40. The molecule has 2 aromatic carbocycles. The molecule has 3 aromatic rings. The minimum atomic E-state index is -0.251. The van der Waals surface area contributed by atoms with Gasteiger partial charge < -0.3 is 19.9 Å². The van der Waals surface area contributed by atoms with Gasteiger partial charge in [0, 0.05) is 0 Å². The Bertz CT molecular complexity index is 894. The van der Waals surface area contributed by atoms with Gasteiger partial charge in [0.15, 0.2) is 0 Å². The van der Waals surface area contributed by atoms with E-state index in [4.69, 9.17) is 19.9 Å². The van der Waals surface area contributed by atoms with Gasteiger partial charge in [-0.2, -0.15) is 4.98 Å². The van der Waals surface area contributed by atoms with Crippen LogP contribution in [0.2, 0.25) is 0 Å². The van der Waals surface area contributed by atoms with Crippen molar-refractivity contribution in [3.63, 3.8) is 0 Å². The predicted molar refractivity (Wildman–Crippen MR) is 97.9 cm³/mol. The van der Waals surface area contributed by atoms with Crippen LogP contribution in [-0.2, 0) is 24.5 Å². The normalized spacial score (nSPS) is 15.8. The summed E-state index contributed by atoms with van der Waals surface area (Å²) < 4.78 is 32.0. The average Bonchev–Trinajstić information content (AvgIpc) is 3.06. The molecule has 0 bridgehead atoms. The third kappa shape index (κ3) is 4.38. The number of halogens is 1. The minimum Gasteiger partial charge on any atom is -0.489 e. The fourth-order valence-corrected chi connectivity index (χ4v) is 2.85. The summed E-state index contributed by atoms with van der Waals surface area (Å²) >= 11 is 0. The predicted octanol–water partition coefficient (Wildman–Crippen LogP) is 3.16. The number of aromatic nitrogens is 2. The Morgan fingerprint density at radius 2 is 1.78 bits per heavy atom. The molecule has 140 valence electrons. The first kappa shape index (κ1) is 17.4. The summed E-state index contributed by atoms with van der Waals surface area (Å²) in [5.41, 5.74) is 7.63. The molecule has 7 heteroatoms. The van der Waals surface area contributed by atoms with Gasteiger partial charge in [-0.15, -0.1) is 0 Å². The van der Waals surface area contributed by atoms with Gasteiger partial charge in [0.1, 0.15) is 36.7 Å². The van der Waals surface area contributed by atoms with Crippen molar-refractivity contribution in [3.05, 3.63) is 71.7 Å². The fourth-order valence-electron chi connectivity index (χ4n) is 2.85. The Hall–Kier alpha value is -3.06. The van der Waals surface area contributed by atoms with Crippen molar-refractivity contribution in [2.75, 3.05) is 12.3 Å². The Balaban J connectivity index is 1.26. The summed E-state index contributed by atoms with van der Waals surface area (Å²) in [6.07, 6.45) is 1.69. The van der Waals surface area contributed by atoms with Crippen molar-refractivity contribution in [1.29, 1.82) is 0 Å². The zero-order chi connectivity index (χ0) is 18.6. The van der Waals surface area contributed by atoms with Crippen LogP contribution < -0.4 is 15.2 Å². The summed E-state index contributed by atoms with van der Waals surface area (Å²) in [6, 6.07) is 14.5. The molecule has 1 atom stereocenters. The van der Waals surface area contributed by atoms with Gasteiger partial charge in [0.2, 0.25) is 0 Å². The molecule has 0 fully saturated rings. The molecule has 1 aromatic heterocycles. The Labute approximate surface area is 156 Å². The second-order valence-corrected chi connectivity index (χ2v) is 6.40. The highest BCUT2D eigenvalue weighted by molar-refractivity contribution is 5.29. The summed E-state index contributed by atoms with van der Waals surface area (Å²) in [7, 11) is 0. The SMILES string of the molecule is Nc1cn2c(n1)OCC(OCc1ccc(OCc3ccc(F)cc3)cc1)C2. The van der Waals surface area contributed by atoms with Crippen molar-refractivity contribution in [2.45, 2.75) is 25.9 Å². The quantitative estimate of drug-likeness (QED) is 0.723. The first-order chi connectivity index (χ1) is 13.2. The van der Waals surface area contributed by atoms with Gasteiger partial charge in [-0.25, -0.2) is 4.39 Å². The lowest BCUT2D eigenvalue weighted by atomic mass is 10.2. The Morgan fingerprint density at radius 3 is 2.56 bits per heavy atom. The van der Waals surface area contributed by atoms with E-state index in [0.717, 1.165) is 16.9 Å². The maximum atomic E-state index is 12.9. The molecular weight excluding hydrogens is 349 g/mol. The van der Waals surface area contributed by atoms with Gasteiger partial charge in [-0.05, 0) is 35.4 Å². The van der Waals surface area contributed by atoms with Gasteiger partial charge >= 0.3 is 0 Å². The van der Waals surface area contributed by atoms with Crippen molar-refractivity contribution < 1.29 is 18.6 Å². The molecule has 0 radical (unpaired) electrons. The van der Waals surface area contributed by atoms with E-state index in [1.54, 1.807) is 18.3 Å². The van der Waals surface area contributed by atoms with Crippen molar-refractivity contribution in [1.82, 2.24) is 9.55 Å². The molecule has 0 saturated heterocycles. The number of nitrogens with zero attached hydrogens (tertiary/aromatic N) is 2. The molecule has 1 aliphatic rings. The Morgan fingerprint density at radius 1 is 1.07 bits per heavy atom. The van der Waals surface area contributed by atoms with Gasteiger partial charge in [-0.3, -0.25) is 4.57 Å². The molecule has 2 heterocycles. The maximum Gasteiger partial charge on any atom is 0.298 e. The lowest BCUT2D eigenvalue weighted by Crippen LogP contribution is -2.32. The molecule has 27 heavy (non-hydrogen) atoms. The lowest BCUT2D eigenvalue weighted by molar-refractivity contribution is -0.0201. The topological polar surface area (TPSA) is 71.5 Å². The van der Waals surface area contributed by atoms with E-state index in [1.807, 2.05) is 28.8 Å². The monoisotopic (exact) mass is 369 g/mol.